The van der Waals surface area contributed by atoms with Gasteiger partial charge in [-0.2, -0.15) is 0 Å². The number of hydrogen-bond donors (Lipinski definition) is 0. The summed E-state index contributed by atoms with van der Waals surface area (Å²) in [4.78, 5) is 16.5. The van der Waals surface area contributed by atoms with Crippen molar-refractivity contribution in [2.45, 2.75) is 52.1 Å². The lowest BCUT2D eigenvalue weighted by atomic mass is 9.79. The highest BCUT2D eigenvalue weighted by Gasteiger charge is 2.32. The Kier molecular flexibility index (Phi) is 6.01. The molecule has 26 heavy (non-hydrogen) atoms. The smallest absolute Gasteiger partial charge is 0.410 e. The van der Waals surface area contributed by atoms with E-state index in [-0.39, 0.29) is 6.09 Å². The fourth-order valence-corrected chi connectivity index (χ4v) is 4.29. The number of carbonyl (C=O) groups is 1. The summed E-state index contributed by atoms with van der Waals surface area (Å²) in [7, 11) is 0. The normalized spacial score (nSPS) is 20.3. The first kappa shape index (κ1) is 19.3. The Morgan fingerprint density at radius 2 is 1.46 bits per heavy atom. The Labute approximate surface area is 162 Å². The quantitative estimate of drug-likeness (QED) is 0.708. The second-order valence-corrected chi connectivity index (χ2v) is 9.04. The topological polar surface area (TPSA) is 32.8 Å². The minimum atomic E-state index is -0.414. The highest BCUT2D eigenvalue weighted by atomic mass is 35.5. The summed E-state index contributed by atoms with van der Waals surface area (Å²) in [5.41, 5.74) is 0.857. The third kappa shape index (κ3) is 5.06. The molecule has 1 aromatic rings. The molecule has 2 aliphatic rings. The number of piperidine rings is 2. The van der Waals surface area contributed by atoms with Crippen LogP contribution in [0.25, 0.3) is 0 Å². The molecule has 1 amide bonds. The summed E-state index contributed by atoms with van der Waals surface area (Å²) < 4.78 is 5.50. The molecular weight excluding hydrogens is 348 g/mol. The van der Waals surface area contributed by atoms with Crippen molar-refractivity contribution in [3.8, 4) is 0 Å². The van der Waals surface area contributed by atoms with Gasteiger partial charge < -0.3 is 14.5 Å². The molecule has 2 aliphatic heterocycles. The highest BCUT2D eigenvalue weighted by molar-refractivity contribution is 6.30. The van der Waals surface area contributed by atoms with Crippen LogP contribution in [0.15, 0.2) is 24.3 Å². The van der Waals surface area contributed by atoms with E-state index < -0.39 is 5.60 Å². The number of carbonyl (C=O) groups excluding carboxylic acids is 1. The van der Waals surface area contributed by atoms with Crippen LogP contribution in [0.3, 0.4) is 0 Å². The molecule has 144 valence electrons. The van der Waals surface area contributed by atoms with Crippen LogP contribution in [-0.2, 0) is 4.74 Å². The van der Waals surface area contributed by atoms with Crippen LogP contribution in [0, 0.1) is 11.8 Å². The predicted octanol–water partition coefficient (Wildman–Crippen LogP) is 5.20. The van der Waals surface area contributed by atoms with Crippen molar-refractivity contribution in [3.05, 3.63) is 29.3 Å². The van der Waals surface area contributed by atoms with E-state index in [4.69, 9.17) is 16.3 Å². The van der Waals surface area contributed by atoms with Gasteiger partial charge in [0.25, 0.3) is 0 Å². The summed E-state index contributed by atoms with van der Waals surface area (Å²) in [6.45, 7) is 9.65. The summed E-state index contributed by atoms with van der Waals surface area (Å²) in [5.74, 6) is 1.51. The lowest BCUT2D eigenvalue weighted by Gasteiger charge is -2.41. The van der Waals surface area contributed by atoms with Crippen LogP contribution in [0.1, 0.15) is 46.5 Å². The first-order valence-electron chi connectivity index (χ1n) is 9.80. The molecule has 0 bridgehead atoms. The van der Waals surface area contributed by atoms with Gasteiger partial charge in [-0.1, -0.05) is 11.6 Å². The van der Waals surface area contributed by atoms with E-state index in [1.165, 1.54) is 18.5 Å². The lowest BCUT2D eigenvalue weighted by Crippen LogP contribution is -2.44. The molecule has 5 heteroatoms. The van der Waals surface area contributed by atoms with E-state index >= 15 is 0 Å². The minimum absolute atomic E-state index is 0.159. The third-order valence-electron chi connectivity index (χ3n) is 5.59. The van der Waals surface area contributed by atoms with Gasteiger partial charge >= 0.3 is 6.09 Å². The van der Waals surface area contributed by atoms with Crippen LogP contribution in [0.5, 0.6) is 0 Å². The maximum Gasteiger partial charge on any atom is 0.410 e. The standard InChI is InChI=1S/C21H31ClN2O2/c1-21(2,3)26-20(25)24-14-10-17(11-15-24)16-8-12-23(13-9-16)19-6-4-18(22)5-7-19/h4-7,16-17H,8-15H2,1-3H3. The monoisotopic (exact) mass is 378 g/mol. The zero-order valence-corrected chi connectivity index (χ0v) is 17.0. The lowest BCUT2D eigenvalue weighted by molar-refractivity contribution is 0.0152. The van der Waals surface area contributed by atoms with E-state index in [0.717, 1.165) is 55.9 Å². The van der Waals surface area contributed by atoms with Crippen LogP contribution < -0.4 is 4.90 Å². The molecule has 0 radical (unpaired) electrons. The number of rotatable bonds is 2. The fourth-order valence-electron chi connectivity index (χ4n) is 4.16. The molecule has 1 aromatic carbocycles. The maximum atomic E-state index is 12.2. The van der Waals surface area contributed by atoms with Crippen LogP contribution in [0.2, 0.25) is 5.02 Å². The summed E-state index contributed by atoms with van der Waals surface area (Å²) in [5, 5.41) is 0.792. The van der Waals surface area contributed by atoms with Gasteiger partial charge in [-0.3, -0.25) is 0 Å². The summed E-state index contributed by atoms with van der Waals surface area (Å²) >= 11 is 5.99. The molecule has 0 atom stereocenters. The zero-order valence-electron chi connectivity index (χ0n) is 16.2. The molecular formula is C21H31ClN2O2. The van der Waals surface area contributed by atoms with Crippen LogP contribution in [-0.4, -0.2) is 42.8 Å². The van der Waals surface area contributed by atoms with Crippen molar-refractivity contribution in [3.63, 3.8) is 0 Å². The Bertz CT molecular complexity index is 595. The van der Waals surface area contributed by atoms with Crippen LogP contribution in [0.4, 0.5) is 10.5 Å². The van der Waals surface area contributed by atoms with Gasteiger partial charge in [0, 0.05) is 36.9 Å². The summed E-state index contributed by atoms with van der Waals surface area (Å²) in [6.07, 6.45) is 4.52. The minimum Gasteiger partial charge on any atom is -0.444 e. The van der Waals surface area contributed by atoms with Crippen LogP contribution >= 0.6 is 11.6 Å². The first-order valence-corrected chi connectivity index (χ1v) is 10.2. The van der Waals surface area contributed by atoms with E-state index in [0.29, 0.717) is 0 Å². The largest absolute Gasteiger partial charge is 0.444 e. The highest BCUT2D eigenvalue weighted by Crippen LogP contribution is 2.34. The molecule has 3 rings (SSSR count). The molecule has 2 heterocycles. The predicted molar refractivity (Wildman–Crippen MR) is 107 cm³/mol. The van der Waals surface area contributed by atoms with E-state index in [2.05, 4.69) is 17.0 Å². The summed E-state index contributed by atoms with van der Waals surface area (Å²) in [6, 6.07) is 8.16. The molecule has 0 N–H and O–H groups in total. The van der Waals surface area contributed by atoms with Crippen molar-refractivity contribution >= 4 is 23.4 Å². The molecule has 0 aromatic heterocycles. The van der Waals surface area contributed by atoms with E-state index in [1.807, 2.05) is 37.8 Å². The van der Waals surface area contributed by atoms with Gasteiger partial charge in [-0.15, -0.1) is 0 Å². The molecule has 0 unspecified atom stereocenters. The second kappa shape index (κ2) is 8.08. The number of amides is 1. The van der Waals surface area contributed by atoms with Gasteiger partial charge in [-0.05, 0) is 82.6 Å². The van der Waals surface area contributed by atoms with Gasteiger partial charge in [0.1, 0.15) is 5.60 Å². The van der Waals surface area contributed by atoms with Crippen molar-refractivity contribution in [2.24, 2.45) is 11.8 Å². The molecule has 0 aliphatic carbocycles. The van der Waals surface area contributed by atoms with E-state index in [1.54, 1.807) is 0 Å². The number of nitrogens with zero attached hydrogens (tertiary/aromatic N) is 2. The van der Waals surface area contributed by atoms with Gasteiger partial charge in [-0.25, -0.2) is 4.79 Å². The average Bonchev–Trinajstić information content (AvgIpc) is 2.61. The van der Waals surface area contributed by atoms with Crippen molar-refractivity contribution < 1.29 is 9.53 Å². The first-order chi connectivity index (χ1) is 12.3. The Hall–Kier alpha value is -1.42. The number of halogens is 1. The Morgan fingerprint density at radius 3 is 1.96 bits per heavy atom. The molecule has 4 nitrogen and oxygen atoms in total. The molecule has 2 saturated heterocycles. The third-order valence-corrected chi connectivity index (χ3v) is 5.84. The Morgan fingerprint density at radius 1 is 0.962 bits per heavy atom. The SMILES string of the molecule is CC(C)(C)OC(=O)N1CCC(C2CCN(c3ccc(Cl)cc3)CC2)CC1. The zero-order chi connectivity index (χ0) is 18.7. The number of hydrogen-bond acceptors (Lipinski definition) is 3. The number of ether oxygens (including phenoxy) is 1. The molecule has 2 fully saturated rings. The van der Waals surface area contributed by atoms with Crippen molar-refractivity contribution in [1.29, 1.82) is 0 Å². The second-order valence-electron chi connectivity index (χ2n) is 8.61. The number of likely N-dealkylation sites (tertiary alicyclic amines) is 1. The van der Waals surface area contributed by atoms with Crippen molar-refractivity contribution in [1.82, 2.24) is 4.90 Å². The molecule has 0 spiro atoms. The number of anilines is 1. The van der Waals surface area contributed by atoms with Gasteiger partial charge in [0.2, 0.25) is 0 Å². The van der Waals surface area contributed by atoms with Gasteiger partial charge in [0.15, 0.2) is 0 Å². The average molecular weight is 379 g/mol. The molecule has 0 saturated carbocycles. The van der Waals surface area contributed by atoms with Gasteiger partial charge in [0.05, 0.1) is 0 Å². The number of benzene rings is 1. The van der Waals surface area contributed by atoms with Crippen molar-refractivity contribution in [2.75, 3.05) is 31.1 Å². The maximum absolute atomic E-state index is 12.2. The fraction of sp³-hybridized carbons (Fsp3) is 0.667. The Balaban J connectivity index is 1.45. The van der Waals surface area contributed by atoms with E-state index in [9.17, 15) is 4.79 Å².